The van der Waals surface area contributed by atoms with Crippen molar-refractivity contribution in [3.05, 3.63) is 89.8 Å². The van der Waals surface area contributed by atoms with Gasteiger partial charge in [-0.2, -0.15) is 4.98 Å². The van der Waals surface area contributed by atoms with E-state index in [2.05, 4.69) is 48.6 Å². The van der Waals surface area contributed by atoms with Crippen LogP contribution in [0.2, 0.25) is 0 Å². The summed E-state index contributed by atoms with van der Waals surface area (Å²) in [6, 6.07) is 14.6. The molecule has 3 N–H and O–H groups in total. The second kappa shape index (κ2) is 13.2. The molecule has 9 nitrogen and oxygen atoms in total. The molecule has 6 rings (SSSR count). The smallest absolute Gasteiger partial charge is 0.305 e. The molecule has 0 bridgehead atoms. The number of benzene rings is 2. The second-order valence-electron chi connectivity index (χ2n) is 9.15. The summed E-state index contributed by atoms with van der Waals surface area (Å²) >= 11 is 0. The number of hydrogen-bond acceptors (Lipinski definition) is 7. The summed E-state index contributed by atoms with van der Waals surface area (Å²) in [6.45, 7) is 6.59. The lowest BCUT2D eigenvalue weighted by Gasteiger charge is -2.36. The molecule has 5 aromatic rings. The Kier molecular flexibility index (Phi) is 9.44. The predicted octanol–water partition coefficient (Wildman–Crippen LogP) is 5.83. The third-order valence-corrected chi connectivity index (χ3v) is 6.77. The van der Waals surface area contributed by atoms with Gasteiger partial charge in [-0.1, -0.05) is 37.2 Å². The normalized spacial score (nSPS) is 15.8. The summed E-state index contributed by atoms with van der Waals surface area (Å²) in [7, 11) is 1.41. The lowest BCUT2D eigenvalue weighted by atomic mass is 9.82. The average Bonchev–Trinajstić information content (AvgIpc) is 3.76. The first-order chi connectivity index (χ1) is 19.5. The van der Waals surface area contributed by atoms with Gasteiger partial charge < -0.3 is 19.2 Å². The van der Waals surface area contributed by atoms with Crippen LogP contribution in [0.4, 0.5) is 4.39 Å². The Morgan fingerprint density at radius 1 is 1.15 bits per heavy atom. The van der Waals surface area contributed by atoms with E-state index in [1.165, 1.54) is 30.2 Å². The number of H-pyrrole nitrogens is 2. The molecule has 40 heavy (non-hydrogen) atoms. The minimum Gasteiger partial charge on any atom is -0.469 e. The molecule has 0 spiro atoms. The largest absolute Gasteiger partial charge is 0.469 e. The molecule has 1 aliphatic heterocycles. The van der Waals surface area contributed by atoms with Gasteiger partial charge in [-0.3, -0.25) is 10.1 Å². The Balaban J connectivity index is 0.000000220. The monoisotopic (exact) mass is 546 g/mol. The molecule has 1 aliphatic rings. The van der Waals surface area contributed by atoms with Gasteiger partial charge >= 0.3 is 5.97 Å². The fourth-order valence-corrected chi connectivity index (χ4v) is 4.95. The van der Waals surface area contributed by atoms with Crippen molar-refractivity contribution in [2.24, 2.45) is 0 Å². The number of aryl methyl sites for hydroxylation is 1. The Morgan fingerprint density at radius 2 is 1.93 bits per heavy atom. The summed E-state index contributed by atoms with van der Waals surface area (Å²) in [5, 5.41) is 9.04. The van der Waals surface area contributed by atoms with Crippen molar-refractivity contribution in [3.63, 3.8) is 0 Å². The Hall–Kier alpha value is -4.31. The number of methoxy groups -OCH3 is 1. The topological polar surface area (TPSA) is 122 Å². The standard InChI is InChI=1S/C19H22N4O3.C9H7FN2.C2H6/c1-12-21-18(23-26-12)19(10-5-8-16(24)25-2)17-14(9-11-20-19)13-6-3-4-7-15(13)22-17;10-8-3-1-7(2-4-8)9-5-11-6-12-9;1-2/h3-4,6-7,20,22H,5,8-11H2,1-2H3;1-6H,(H,11,12);1-2H3. The number of aromatic nitrogens is 5. The number of imidazole rings is 1. The zero-order valence-electron chi connectivity index (χ0n) is 23.3. The van der Waals surface area contributed by atoms with Gasteiger partial charge in [0.05, 0.1) is 25.3 Å². The highest BCUT2D eigenvalue weighted by Crippen LogP contribution is 2.40. The zero-order valence-corrected chi connectivity index (χ0v) is 23.3. The van der Waals surface area contributed by atoms with Crippen LogP contribution in [0.15, 0.2) is 65.6 Å². The van der Waals surface area contributed by atoms with E-state index < -0.39 is 5.54 Å². The Morgan fingerprint density at radius 3 is 2.60 bits per heavy atom. The van der Waals surface area contributed by atoms with E-state index in [9.17, 15) is 9.18 Å². The number of carbonyl (C=O) groups excluding carboxylic acids is 1. The molecule has 0 radical (unpaired) electrons. The lowest BCUT2D eigenvalue weighted by molar-refractivity contribution is -0.140. The second-order valence-corrected chi connectivity index (χ2v) is 9.15. The van der Waals surface area contributed by atoms with Crippen LogP contribution in [-0.2, 0) is 21.5 Å². The quantitative estimate of drug-likeness (QED) is 0.229. The van der Waals surface area contributed by atoms with Crippen LogP contribution in [-0.4, -0.2) is 44.7 Å². The summed E-state index contributed by atoms with van der Waals surface area (Å²) in [5.74, 6) is 0.695. The maximum Gasteiger partial charge on any atom is 0.305 e. The van der Waals surface area contributed by atoms with Gasteiger partial charge in [0.15, 0.2) is 5.82 Å². The highest BCUT2D eigenvalue weighted by molar-refractivity contribution is 5.85. The number of rotatable bonds is 6. The number of nitrogens with zero attached hydrogens (tertiary/aromatic N) is 3. The molecule has 0 fully saturated rings. The van der Waals surface area contributed by atoms with Crippen LogP contribution >= 0.6 is 0 Å². The fourth-order valence-electron chi connectivity index (χ4n) is 4.95. The molecule has 2 aromatic carbocycles. The number of fused-ring (bicyclic) bond motifs is 3. The summed E-state index contributed by atoms with van der Waals surface area (Å²) in [4.78, 5) is 26.5. The molecule has 0 saturated carbocycles. The molecule has 210 valence electrons. The van der Waals surface area contributed by atoms with Gasteiger partial charge in [-0.05, 0) is 60.7 Å². The maximum absolute atomic E-state index is 12.5. The van der Waals surface area contributed by atoms with Gasteiger partial charge in [0.25, 0.3) is 0 Å². The van der Waals surface area contributed by atoms with Crippen LogP contribution in [0.5, 0.6) is 0 Å². The highest BCUT2D eigenvalue weighted by Gasteiger charge is 2.43. The van der Waals surface area contributed by atoms with Crippen LogP contribution in [0.1, 0.15) is 56.1 Å². The van der Waals surface area contributed by atoms with Crippen LogP contribution in [0, 0.1) is 12.7 Å². The van der Waals surface area contributed by atoms with Crippen molar-refractivity contribution in [1.29, 1.82) is 0 Å². The van der Waals surface area contributed by atoms with E-state index >= 15 is 0 Å². The number of ether oxygens (including phenoxy) is 1. The van der Waals surface area contributed by atoms with Crippen molar-refractivity contribution >= 4 is 16.9 Å². The van der Waals surface area contributed by atoms with E-state index in [0.29, 0.717) is 31.0 Å². The molecule has 1 atom stereocenters. The number of hydrogen-bond donors (Lipinski definition) is 3. The van der Waals surface area contributed by atoms with Gasteiger partial charge in [-0.25, -0.2) is 9.37 Å². The van der Waals surface area contributed by atoms with E-state index in [-0.39, 0.29) is 11.8 Å². The lowest BCUT2D eigenvalue weighted by Crippen LogP contribution is -2.49. The molecular formula is C30H35FN6O3. The zero-order chi connectivity index (χ0) is 28.5. The number of esters is 1. The molecule has 10 heteroatoms. The molecule has 0 aliphatic carbocycles. The summed E-state index contributed by atoms with van der Waals surface area (Å²) in [6.07, 6.45) is 5.90. The molecule has 0 amide bonds. The van der Waals surface area contributed by atoms with Crippen molar-refractivity contribution in [2.75, 3.05) is 13.7 Å². The summed E-state index contributed by atoms with van der Waals surface area (Å²) in [5.41, 5.74) is 4.68. The molecule has 4 heterocycles. The number of aromatic amines is 2. The third-order valence-electron chi connectivity index (χ3n) is 6.77. The van der Waals surface area contributed by atoms with Crippen molar-refractivity contribution in [1.82, 2.24) is 30.4 Å². The SMILES string of the molecule is CC.COC(=O)CCCC1(c2noc(C)n2)NCCc2c1[nH]c1ccccc21.Fc1ccc(-c2cnc[nH]2)cc1. The average molecular weight is 547 g/mol. The molecule has 0 saturated heterocycles. The fraction of sp³-hybridized carbons (Fsp3) is 0.333. The Bertz CT molecular complexity index is 1510. The molecule has 1 unspecified atom stereocenters. The number of para-hydroxylation sites is 1. The van der Waals surface area contributed by atoms with Crippen LogP contribution < -0.4 is 5.32 Å². The van der Waals surface area contributed by atoms with E-state index in [1.54, 1.807) is 31.6 Å². The Labute approximate surface area is 232 Å². The summed E-state index contributed by atoms with van der Waals surface area (Å²) < 4.78 is 22.6. The van der Waals surface area contributed by atoms with Gasteiger partial charge in [0, 0.05) is 36.5 Å². The number of nitrogens with one attached hydrogen (secondary N) is 3. The molecular weight excluding hydrogens is 511 g/mol. The first kappa shape index (κ1) is 28.7. The van der Waals surface area contributed by atoms with E-state index in [4.69, 9.17) is 9.26 Å². The van der Waals surface area contributed by atoms with Crippen molar-refractivity contribution in [3.8, 4) is 11.3 Å². The van der Waals surface area contributed by atoms with Gasteiger partial charge in [0.2, 0.25) is 5.89 Å². The third kappa shape index (κ3) is 6.12. The highest BCUT2D eigenvalue weighted by atomic mass is 19.1. The molecule has 3 aromatic heterocycles. The minimum absolute atomic E-state index is 0.211. The number of carbonyl (C=O) groups is 1. The van der Waals surface area contributed by atoms with Gasteiger partial charge in [0.1, 0.15) is 11.4 Å². The van der Waals surface area contributed by atoms with E-state index in [0.717, 1.165) is 35.4 Å². The first-order valence-electron chi connectivity index (χ1n) is 13.5. The number of halogens is 1. The minimum atomic E-state index is -0.599. The van der Waals surface area contributed by atoms with Crippen molar-refractivity contribution < 1.29 is 18.4 Å². The predicted molar refractivity (Wildman–Crippen MR) is 151 cm³/mol. The van der Waals surface area contributed by atoms with Crippen LogP contribution in [0.25, 0.3) is 22.2 Å². The first-order valence-corrected chi connectivity index (χ1v) is 13.5. The van der Waals surface area contributed by atoms with E-state index in [1.807, 2.05) is 19.9 Å². The maximum atomic E-state index is 12.5. The van der Waals surface area contributed by atoms with Crippen molar-refractivity contribution in [2.45, 2.75) is 52.0 Å². The van der Waals surface area contributed by atoms with Gasteiger partial charge in [-0.15, -0.1) is 0 Å². The van der Waals surface area contributed by atoms with Crippen LogP contribution in [0.3, 0.4) is 0 Å².